The predicted molar refractivity (Wildman–Crippen MR) is 56.6 cm³/mol. The Balaban J connectivity index is 1.54. The lowest BCUT2D eigenvalue weighted by molar-refractivity contribution is -0.162. The van der Waals surface area contributed by atoms with Crippen molar-refractivity contribution in [3.63, 3.8) is 0 Å². The van der Waals surface area contributed by atoms with Crippen molar-refractivity contribution in [1.82, 2.24) is 0 Å². The highest BCUT2D eigenvalue weighted by Gasteiger charge is 2.13. The molecule has 0 aromatic carbocycles. The van der Waals surface area contributed by atoms with Gasteiger partial charge < -0.3 is 13.9 Å². The molecule has 0 saturated carbocycles. The Morgan fingerprint density at radius 2 is 2.40 bits per heavy atom. The first kappa shape index (κ1) is 10.7. The van der Waals surface area contributed by atoms with Gasteiger partial charge in [-0.15, -0.1) is 0 Å². The summed E-state index contributed by atoms with van der Waals surface area (Å²) in [5.41, 5.74) is 1.24. The van der Waals surface area contributed by atoms with Crippen LogP contribution in [0, 0.1) is 0 Å². The van der Waals surface area contributed by atoms with Gasteiger partial charge in [0.05, 0.1) is 19.1 Å². The Morgan fingerprint density at radius 3 is 3.13 bits per heavy atom. The summed E-state index contributed by atoms with van der Waals surface area (Å²) >= 11 is 0. The number of rotatable bonds is 5. The third-order valence-corrected chi connectivity index (χ3v) is 2.63. The summed E-state index contributed by atoms with van der Waals surface area (Å²) in [5, 5.41) is 0. The fourth-order valence-electron chi connectivity index (χ4n) is 1.77. The van der Waals surface area contributed by atoms with E-state index >= 15 is 0 Å². The summed E-state index contributed by atoms with van der Waals surface area (Å²) in [5.74, 6) is 0. The number of hydrogen-bond acceptors (Lipinski definition) is 3. The van der Waals surface area contributed by atoms with Crippen molar-refractivity contribution in [2.24, 2.45) is 0 Å². The van der Waals surface area contributed by atoms with Crippen molar-refractivity contribution in [1.29, 1.82) is 0 Å². The Morgan fingerprint density at radius 1 is 1.40 bits per heavy atom. The average Bonchev–Trinajstić information content (AvgIpc) is 2.79. The van der Waals surface area contributed by atoms with E-state index in [2.05, 4.69) is 0 Å². The molecular formula is C12H18O3. The lowest BCUT2D eigenvalue weighted by Crippen LogP contribution is -2.22. The van der Waals surface area contributed by atoms with Crippen LogP contribution >= 0.6 is 0 Å². The summed E-state index contributed by atoms with van der Waals surface area (Å²) in [7, 11) is 0. The van der Waals surface area contributed by atoms with Crippen LogP contribution in [0.1, 0.15) is 31.2 Å². The van der Waals surface area contributed by atoms with Crippen LogP contribution < -0.4 is 0 Å². The zero-order valence-corrected chi connectivity index (χ0v) is 8.98. The van der Waals surface area contributed by atoms with E-state index in [1.807, 2.05) is 6.07 Å². The minimum Gasteiger partial charge on any atom is -0.472 e. The van der Waals surface area contributed by atoms with Gasteiger partial charge in [0, 0.05) is 6.61 Å². The Bertz CT molecular complexity index is 250. The molecule has 84 valence electrons. The normalized spacial score (nSPS) is 21.7. The fraction of sp³-hybridized carbons (Fsp3) is 0.667. The van der Waals surface area contributed by atoms with Crippen LogP contribution in [-0.4, -0.2) is 19.5 Å². The SMILES string of the molecule is c1cc(CCCOC2CCCCO2)co1. The van der Waals surface area contributed by atoms with Gasteiger partial charge in [-0.1, -0.05) is 0 Å². The van der Waals surface area contributed by atoms with Crippen LogP contribution in [0.25, 0.3) is 0 Å². The number of ether oxygens (including phenoxy) is 2. The van der Waals surface area contributed by atoms with Gasteiger partial charge in [0.1, 0.15) is 0 Å². The molecule has 3 nitrogen and oxygen atoms in total. The molecule has 3 heteroatoms. The Labute approximate surface area is 90.4 Å². The zero-order valence-electron chi connectivity index (χ0n) is 8.98. The molecule has 1 atom stereocenters. The molecule has 2 heterocycles. The van der Waals surface area contributed by atoms with Crippen molar-refractivity contribution in [3.05, 3.63) is 24.2 Å². The van der Waals surface area contributed by atoms with Crippen molar-refractivity contribution in [2.45, 2.75) is 38.4 Å². The first-order chi connectivity index (χ1) is 7.45. The fourth-order valence-corrected chi connectivity index (χ4v) is 1.77. The molecule has 1 unspecified atom stereocenters. The molecular weight excluding hydrogens is 192 g/mol. The van der Waals surface area contributed by atoms with Crippen LogP contribution in [0.4, 0.5) is 0 Å². The number of aryl methyl sites for hydroxylation is 1. The number of hydrogen-bond donors (Lipinski definition) is 0. The lowest BCUT2D eigenvalue weighted by Gasteiger charge is -2.22. The molecule has 0 spiro atoms. The maximum Gasteiger partial charge on any atom is 0.157 e. The molecule has 0 N–H and O–H groups in total. The summed E-state index contributed by atoms with van der Waals surface area (Å²) < 4.78 is 16.1. The zero-order chi connectivity index (χ0) is 10.3. The van der Waals surface area contributed by atoms with Crippen molar-refractivity contribution in [2.75, 3.05) is 13.2 Å². The van der Waals surface area contributed by atoms with E-state index in [0.29, 0.717) is 0 Å². The summed E-state index contributed by atoms with van der Waals surface area (Å²) in [4.78, 5) is 0. The minimum absolute atomic E-state index is 0.0445. The largest absolute Gasteiger partial charge is 0.472 e. The standard InChI is InChI=1S/C12H18O3/c1-2-7-14-12(5-1)15-8-3-4-11-6-9-13-10-11/h6,9-10,12H,1-5,7-8H2. The van der Waals surface area contributed by atoms with Crippen LogP contribution in [0.2, 0.25) is 0 Å². The molecule has 15 heavy (non-hydrogen) atoms. The van der Waals surface area contributed by atoms with Crippen LogP contribution in [0.3, 0.4) is 0 Å². The highest BCUT2D eigenvalue weighted by atomic mass is 16.7. The molecule has 1 fully saturated rings. The average molecular weight is 210 g/mol. The van der Waals surface area contributed by atoms with Gasteiger partial charge >= 0.3 is 0 Å². The van der Waals surface area contributed by atoms with Gasteiger partial charge in [0.15, 0.2) is 6.29 Å². The van der Waals surface area contributed by atoms with E-state index in [-0.39, 0.29) is 6.29 Å². The quantitative estimate of drug-likeness (QED) is 0.700. The van der Waals surface area contributed by atoms with Gasteiger partial charge in [-0.05, 0) is 43.7 Å². The second-order valence-electron chi connectivity index (χ2n) is 3.90. The Kier molecular flexibility index (Phi) is 4.23. The molecule has 0 radical (unpaired) electrons. The second-order valence-corrected chi connectivity index (χ2v) is 3.90. The van der Waals surface area contributed by atoms with E-state index in [1.54, 1.807) is 12.5 Å². The lowest BCUT2D eigenvalue weighted by atomic mass is 10.2. The maximum atomic E-state index is 5.63. The van der Waals surface area contributed by atoms with Gasteiger partial charge in [0.25, 0.3) is 0 Å². The highest BCUT2D eigenvalue weighted by Crippen LogP contribution is 2.14. The van der Waals surface area contributed by atoms with Crippen LogP contribution in [0.15, 0.2) is 23.0 Å². The van der Waals surface area contributed by atoms with E-state index in [1.165, 1.54) is 18.4 Å². The highest BCUT2D eigenvalue weighted by molar-refractivity contribution is 5.04. The monoisotopic (exact) mass is 210 g/mol. The molecule has 0 amide bonds. The summed E-state index contributed by atoms with van der Waals surface area (Å²) in [6.07, 6.45) is 9.04. The second kappa shape index (κ2) is 5.93. The first-order valence-electron chi connectivity index (χ1n) is 5.69. The van der Waals surface area contributed by atoms with E-state index in [9.17, 15) is 0 Å². The Hall–Kier alpha value is -0.800. The molecule has 0 aliphatic carbocycles. The van der Waals surface area contributed by atoms with Gasteiger partial charge in [-0.2, -0.15) is 0 Å². The minimum atomic E-state index is 0.0445. The predicted octanol–water partition coefficient (Wildman–Crippen LogP) is 2.76. The molecule has 2 rings (SSSR count). The van der Waals surface area contributed by atoms with Crippen molar-refractivity contribution in [3.8, 4) is 0 Å². The number of furan rings is 1. The molecule has 0 bridgehead atoms. The molecule has 1 aromatic rings. The summed E-state index contributed by atoms with van der Waals surface area (Å²) in [6.45, 7) is 1.63. The third-order valence-electron chi connectivity index (χ3n) is 2.63. The maximum absolute atomic E-state index is 5.63. The van der Waals surface area contributed by atoms with E-state index in [4.69, 9.17) is 13.9 Å². The molecule has 1 aliphatic heterocycles. The first-order valence-corrected chi connectivity index (χ1v) is 5.69. The third kappa shape index (κ3) is 3.68. The smallest absolute Gasteiger partial charge is 0.157 e. The van der Waals surface area contributed by atoms with Gasteiger partial charge in [-0.25, -0.2) is 0 Å². The topological polar surface area (TPSA) is 31.6 Å². The van der Waals surface area contributed by atoms with Gasteiger partial charge in [0.2, 0.25) is 0 Å². The molecule has 1 aliphatic rings. The van der Waals surface area contributed by atoms with E-state index < -0.39 is 0 Å². The molecule has 1 saturated heterocycles. The molecule has 1 aromatic heterocycles. The van der Waals surface area contributed by atoms with Gasteiger partial charge in [-0.3, -0.25) is 0 Å². The van der Waals surface area contributed by atoms with Crippen molar-refractivity contribution < 1.29 is 13.9 Å². The summed E-state index contributed by atoms with van der Waals surface area (Å²) in [6, 6.07) is 2.00. The van der Waals surface area contributed by atoms with Crippen LogP contribution in [-0.2, 0) is 15.9 Å². The van der Waals surface area contributed by atoms with E-state index in [0.717, 1.165) is 32.5 Å². The van der Waals surface area contributed by atoms with Crippen molar-refractivity contribution >= 4 is 0 Å². The van der Waals surface area contributed by atoms with Crippen LogP contribution in [0.5, 0.6) is 0 Å².